The zero-order chi connectivity index (χ0) is 18.7. The first-order chi connectivity index (χ1) is 11.8. The van der Waals surface area contributed by atoms with Crippen LogP contribution in [0.1, 0.15) is 45.0 Å². The van der Waals surface area contributed by atoms with Gasteiger partial charge >= 0.3 is 6.18 Å². The number of fused-ring (bicyclic) bond motifs is 1. The van der Waals surface area contributed by atoms with Crippen molar-refractivity contribution in [3.05, 3.63) is 54.1 Å². The monoisotopic (exact) mass is 354 g/mol. The van der Waals surface area contributed by atoms with E-state index in [1.165, 1.54) is 16.7 Å². The van der Waals surface area contributed by atoms with E-state index in [0.717, 1.165) is 12.6 Å². The lowest BCUT2D eigenvalue weighted by Crippen LogP contribution is -2.39. The van der Waals surface area contributed by atoms with Crippen molar-refractivity contribution < 1.29 is 17.9 Å². The molecule has 1 atom stereocenters. The van der Waals surface area contributed by atoms with Crippen LogP contribution in [0.25, 0.3) is 5.70 Å². The summed E-state index contributed by atoms with van der Waals surface area (Å²) >= 11 is 0. The highest BCUT2D eigenvalue weighted by Gasteiger charge is 2.45. The molecule has 0 saturated heterocycles. The highest BCUT2D eigenvalue weighted by atomic mass is 19.4. The Hall–Kier alpha value is -1.95. The first-order valence-corrected chi connectivity index (χ1v) is 8.53. The molecule has 0 amide bonds. The maximum atomic E-state index is 13.6. The molecule has 1 N–H and O–H groups in total. The second-order valence-electron chi connectivity index (χ2n) is 5.93. The van der Waals surface area contributed by atoms with Gasteiger partial charge in [-0.3, -0.25) is 0 Å². The summed E-state index contributed by atoms with van der Waals surface area (Å²) in [6, 6.07) is 2.67. The average Bonchev–Trinajstić information content (AvgIpc) is 3.01. The summed E-state index contributed by atoms with van der Waals surface area (Å²) in [4.78, 5) is 0. The van der Waals surface area contributed by atoms with Gasteiger partial charge in [0.25, 0.3) is 0 Å². The molecule has 1 aromatic heterocycles. The van der Waals surface area contributed by atoms with Crippen molar-refractivity contribution in [3.8, 4) is 0 Å². The molecule has 1 aliphatic heterocycles. The van der Waals surface area contributed by atoms with Gasteiger partial charge in [0.1, 0.15) is 11.5 Å². The van der Waals surface area contributed by atoms with E-state index in [1.807, 2.05) is 13.8 Å². The third-order valence-corrected chi connectivity index (χ3v) is 4.51. The van der Waals surface area contributed by atoms with Crippen molar-refractivity contribution >= 4 is 5.70 Å². The Morgan fingerprint density at radius 1 is 1.32 bits per heavy atom. The fourth-order valence-corrected chi connectivity index (χ4v) is 3.27. The third-order valence-electron chi connectivity index (χ3n) is 4.51. The number of aromatic nitrogens is 1. The molecule has 1 aliphatic rings. The van der Waals surface area contributed by atoms with Crippen LogP contribution in [0.5, 0.6) is 0 Å². The minimum atomic E-state index is -4.44. The van der Waals surface area contributed by atoms with Gasteiger partial charge in [0.2, 0.25) is 0 Å². The maximum Gasteiger partial charge on any atom is 0.431 e. The second-order valence-corrected chi connectivity index (χ2v) is 5.93. The normalized spacial score (nSPS) is 23.6. The lowest BCUT2D eigenvalue weighted by atomic mass is 9.90. The summed E-state index contributed by atoms with van der Waals surface area (Å²) < 4.78 is 48.2. The molecule has 2 heterocycles. The van der Waals surface area contributed by atoms with Crippen LogP contribution in [-0.2, 0) is 16.5 Å². The lowest BCUT2D eigenvalue weighted by Gasteiger charge is -2.41. The smallest absolute Gasteiger partial charge is 0.431 e. The van der Waals surface area contributed by atoms with Gasteiger partial charge in [-0.15, -0.1) is 0 Å². The van der Waals surface area contributed by atoms with Gasteiger partial charge in [-0.05, 0) is 44.6 Å². The topological polar surface area (TPSA) is 26.2 Å². The Balaban J connectivity index is 2.68. The molecule has 0 bridgehead atoms. The van der Waals surface area contributed by atoms with Gasteiger partial charge in [0, 0.05) is 6.42 Å². The minimum absolute atomic E-state index is 0.389. The number of allylic oxidation sites excluding steroid dienone is 4. The second kappa shape index (κ2) is 7.52. The van der Waals surface area contributed by atoms with Crippen LogP contribution < -0.4 is 5.32 Å². The zero-order valence-corrected chi connectivity index (χ0v) is 14.9. The molecule has 0 fully saturated rings. The van der Waals surface area contributed by atoms with Crippen LogP contribution in [0.15, 0.2) is 42.7 Å². The van der Waals surface area contributed by atoms with E-state index in [0.29, 0.717) is 36.5 Å². The van der Waals surface area contributed by atoms with Crippen molar-refractivity contribution in [2.45, 2.75) is 45.4 Å². The summed E-state index contributed by atoms with van der Waals surface area (Å²) in [7, 11) is 0. The molecule has 0 radical (unpaired) electrons. The Kier molecular flexibility index (Phi) is 5.83. The number of rotatable bonds is 6. The highest BCUT2D eigenvalue weighted by molar-refractivity contribution is 5.67. The molecule has 3 nitrogen and oxygen atoms in total. The van der Waals surface area contributed by atoms with Crippen LogP contribution >= 0.6 is 0 Å². The van der Waals surface area contributed by atoms with Crippen LogP contribution in [0.2, 0.25) is 0 Å². The van der Waals surface area contributed by atoms with Crippen molar-refractivity contribution in [1.29, 1.82) is 0 Å². The van der Waals surface area contributed by atoms with E-state index in [4.69, 9.17) is 4.74 Å². The summed E-state index contributed by atoms with van der Waals surface area (Å²) in [6.07, 6.45) is 1.49. The molecule has 0 aliphatic carbocycles. The van der Waals surface area contributed by atoms with Gasteiger partial charge in [0.15, 0.2) is 5.60 Å². The van der Waals surface area contributed by atoms with Crippen LogP contribution in [-0.4, -0.2) is 17.7 Å². The predicted molar refractivity (Wildman–Crippen MR) is 93.9 cm³/mol. The number of nitrogens with one attached hydrogen (secondary N) is 1. The molecule has 0 saturated carbocycles. The van der Waals surface area contributed by atoms with E-state index in [1.54, 1.807) is 19.1 Å². The Labute approximate surface area is 146 Å². The standard InChI is InChI=1S/C19H25F3N2O/c1-5-9-15-14(6-2)24-16(10-11-17(24)19(20,21)22)18(7-3,25-15)12-13-23-8-4/h5-6,9-11,23H,1,7-8,12-13H2,2-4H3/b14-6+,15-9+. The summed E-state index contributed by atoms with van der Waals surface area (Å²) in [6.45, 7) is 10.7. The Morgan fingerprint density at radius 2 is 2.04 bits per heavy atom. The van der Waals surface area contributed by atoms with Crippen molar-refractivity contribution in [3.63, 3.8) is 0 Å². The first-order valence-electron chi connectivity index (χ1n) is 8.53. The van der Waals surface area contributed by atoms with E-state index >= 15 is 0 Å². The summed E-state index contributed by atoms with van der Waals surface area (Å²) in [5.41, 5.74) is -0.572. The van der Waals surface area contributed by atoms with Crippen molar-refractivity contribution in [2.24, 2.45) is 0 Å². The van der Waals surface area contributed by atoms with E-state index in [-0.39, 0.29) is 0 Å². The Bertz CT molecular complexity index is 685. The molecule has 2 rings (SSSR count). The molecule has 138 valence electrons. The Morgan fingerprint density at radius 3 is 2.56 bits per heavy atom. The largest absolute Gasteiger partial charge is 0.479 e. The number of halogens is 3. The fraction of sp³-hybridized carbons (Fsp3) is 0.474. The highest BCUT2D eigenvalue weighted by Crippen LogP contribution is 2.47. The molecule has 25 heavy (non-hydrogen) atoms. The minimum Gasteiger partial charge on any atom is -0.479 e. The van der Waals surface area contributed by atoms with Gasteiger partial charge in [-0.2, -0.15) is 13.2 Å². The number of hydrogen-bond acceptors (Lipinski definition) is 2. The number of hydrogen-bond donors (Lipinski definition) is 1. The van der Waals surface area contributed by atoms with Gasteiger partial charge in [-0.25, -0.2) is 0 Å². The van der Waals surface area contributed by atoms with Gasteiger partial charge in [0.05, 0.1) is 11.4 Å². The SMILES string of the molecule is C=C/C=C1/OC(CC)(CCNCC)c2ccc(C(F)(F)F)n2/C1=C/C. The third kappa shape index (κ3) is 3.54. The summed E-state index contributed by atoms with van der Waals surface area (Å²) in [5, 5.41) is 3.23. The summed E-state index contributed by atoms with van der Waals surface area (Å²) in [5.74, 6) is 0.407. The van der Waals surface area contributed by atoms with Crippen molar-refractivity contribution in [2.75, 3.05) is 13.1 Å². The number of nitrogens with zero attached hydrogens (tertiary/aromatic N) is 1. The molecule has 1 unspecified atom stereocenters. The molecular weight excluding hydrogens is 329 g/mol. The van der Waals surface area contributed by atoms with Crippen LogP contribution in [0.3, 0.4) is 0 Å². The fourth-order valence-electron chi connectivity index (χ4n) is 3.27. The molecule has 0 aromatic carbocycles. The molecule has 6 heteroatoms. The van der Waals surface area contributed by atoms with E-state index in [9.17, 15) is 13.2 Å². The van der Waals surface area contributed by atoms with Gasteiger partial charge in [-0.1, -0.05) is 32.6 Å². The molecule has 1 aromatic rings. The first kappa shape index (κ1) is 19.4. The predicted octanol–water partition coefficient (Wildman–Crippen LogP) is 5.07. The van der Waals surface area contributed by atoms with E-state index < -0.39 is 17.5 Å². The van der Waals surface area contributed by atoms with Gasteiger partial charge < -0.3 is 14.6 Å². The van der Waals surface area contributed by atoms with Crippen LogP contribution in [0.4, 0.5) is 13.2 Å². The lowest BCUT2D eigenvalue weighted by molar-refractivity contribution is -0.143. The van der Waals surface area contributed by atoms with Crippen LogP contribution in [0, 0.1) is 0 Å². The average molecular weight is 354 g/mol. The maximum absolute atomic E-state index is 13.6. The zero-order valence-electron chi connectivity index (χ0n) is 14.9. The quantitative estimate of drug-likeness (QED) is 0.722. The number of alkyl halides is 3. The molecular formula is C19H25F3N2O. The number of ether oxygens (including phenoxy) is 1. The van der Waals surface area contributed by atoms with E-state index in [2.05, 4.69) is 11.9 Å². The molecule has 0 spiro atoms. The van der Waals surface area contributed by atoms with Crippen molar-refractivity contribution in [1.82, 2.24) is 9.88 Å².